The summed E-state index contributed by atoms with van der Waals surface area (Å²) in [6.45, 7) is 2.02. The second-order valence-electron chi connectivity index (χ2n) is 5.45. The van der Waals surface area contributed by atoms with Gasteiger partial charge in [0.05, 0.1) is 5.01 Å². The first kappa shape index (κ1) is 20.0. The van der Waals surface area contributed by atoms with Crippen molar-refractivity contribution >= 4 is 23.0 Å². The number of halogens is 3. The van der Waals surface area contributed by atoms with E-state index in [4.69, 9.17) is 0 Å². The molecule has 1 aromatic carbocycles. The van der Waals surface area contributed by atoms with E-state index >= 15 is 0 Å². The van der Waals surface area contributed by atoms with E-state index < -0.39 is 11.9 Å². The van der Waals surface area contributed by atoms with Crippen LogP contribution in [0.4, 0.5) is 18.9 Å². The van der Waals surface area contributed by atoms with E-state index in [1.54, 1.807) is 7.05 Å². The van der Waals surface area contributed by atoms with Crippen LogP contribution in [0, 0.1) is 0 Å². The highest BCUT2D eigenvalue weighted by atomic mass is 32.1. The smallest absolute Gasteiger partial charge is 0.385 e. The Morgan fingerprint density at radius 1 is 1.12 bits per heavy atom. The molecule has 0 saturated carbocycles. The minimum atomic E-state index is -4.38. The van der Waals surface area contributed by atoms with Gasteiger partial charge in [0, 0.05) is 44.2 Å². The van der Waals surface area contributed by atoms with Crippen LogP contribution in [0.5, 0.6) is 0 Å². The first-order valence-corrected chi connectivity index (χ1v) is 9.12. The summed E-state index contributed by atoms with van der Waals surface area (Å²) >= 11 is 1.02. The number of anilines is 1. The summed E-state index contributed by atoms with van der Waals surface area (Å²) in [5.41, 5.74) is 0.252. The predicted molar refractivity (Wildman–Crippen MR) is 99.7 cm³/mol. The SMILES string of the molecule is CN=C(NCCCNc1ccccc1)NCCc1nc(C(F)(F)F)cs1. The van der Waals surface area contributed by atoms with Gasteiger partial charge in [-0.3, -0.25) is 4.99 Å². The van der Waals surface area contributed by atoms with Gasteiger partial charge in [0.25, 0.3) is 0 Å². The lowest BCUT2D eigenvalue weighted by Crippen LogP contribution is -2.39. The molecule has 2 aromatic rings. The number of nitrogens with one attached hydrogen (secondary N) is 3. The zero-order valence-electron chi connectivity index (χ0n) is 14.4. The molecule has 0 amide bonds. The van der Waals surface area contributed by atoms with E-state index in [2.05, 4.69) is 25.9 Å². The molecule has 0 unspecified atom stereocenters. The van der Waals surface area contributed by atoms with Crippen molar-refractivity contribution in [2.45, 2.75) is 19.0 Å². The molecule has 5 nitrogen and oxygen atoms in total. The Hall–Kier alpha value is -2.29. The molecule has 142 valence electrons. The molecule has 0 aliphatic rings. The first-order chi connectivity index (χ1) is 12.5. The minimum absolute atomic E-state index is 0.414. The maximum atomic E-state index is 12.5. The highest BCUT2D eigenvalue weighted by molar-refractivity contribution is 7.09. The molecule has 0 fully saturated rings. The Kier molecular flexibility index (Phi) is 7.71. The maximum Gasteiger partial charge on any atom is 0.434 e. The van der Waals surface area contributed by atoms with E-state index in [0.29, 0.717) is 23.9 Å². The summed E-state index contributed by atoms with van der Waals surface area (Å²) < 4.78 is 37.5. The van der Waals surface area contributed by atoms with Crippen molar-refractivity contribution in [3.05, 3.63) is 46.4 Å². The van der Waals surface area contributed by atoms with Crippen molar-refractivity contribution in [3.63, 3.8) is 0 Å². The Labute approximate surface area is 154 Å². The fourth-order valence-corrected chi connectivity index (χ4v) is 2.95. The number of hydrogen-bond donors (Lipinski definition) is 3. The molecule has 0 aliphatic heterocycles. The zero-order chi connectivity index (χ0) is 18.8. The van der Waals surface area contributed by atoms with Crippen molar-refractivity contribution in [2.75, 3.05) is 32.0 Å². The number of thiazole rings is 1. The van der Waals surface area contributed by atoms with Gasteiger partial charge in [-0.2, -0.15) is 13.2 Å². The average Bonchev–Trinajstić information content (AvgIpc) is 3.10. The van der Waals surface area contributed by atoms with Crippen LogP contribution in [-0.2, 0) is 12.6 Å². The zero-order valence-corrected chi connectivity index (χ0v) is 15.3. The van der Waals surface area contributed by atoms with Crippen LogP contribution >= 0.6 is 11.3 Å². The Morgan fingerprint density at radius 2 is 1.85 bits per heavy atom. The van der Waals surface area contributed by atoms with E-state index in [1.807, 2.05) is 30.3 Å². The summed E-state index contributed by atoms with van der Waals surface area (Å²) in [7, 11) is 1.66. The predicted octanol–water partition coefficient (Wildman–Crippen LogP) is 3.37. The molecule has 3 N–H and O–H groups in total. The lowest BCUT2D eigenvalue weighted by atomic mass is 10.3. The summed E-state index contributed by atoms with van der Waals surface area (Å²) in [6, 6.07) is 9.95. The second-order valence-corrected chi connectivity index (χ2v) is 6.39. The maximum absolute atomic E-state index is 12.5. The van der Waals surface area contributed by atoms with Crippen molar-refractivity contribution in [2.24, 2.45) is 4.99 Å². The van der Waals surface area contributed by atoms with Crippen LogP contribution in [0.25, 0.3) is 0 Å². The molecule has 0 aliphatic carbocycles. The van der Waals surface area contributed by atoms with Crippen molar-refractivity contribution in [3.8, 4) is 0 Å². The number of aliphatic imine (C=N–C) groups is 1. The van der Waals surface area contributed by atoms with Crippen LogP contribution in [0.3, 0.4) is 0 Å². The summed E-state index contributed by atoms with van der Waals surface area (Å²) in [6.07, 6.45) is -3.07. The van der Waals surface area contributed by atoms with E-state index in [9.17, 15) is 13.2 Å². The van der Waals surface area contributed by atoms with Crippen LogP contribution in [0.2, 0.25) is 0 Å². The normalized spacial score (nSPS) is 12.1. The van der Waals surface area contributed by atoms with Crippen LogP contribution in [-0.4, -0.2) is 37.6 Å². The number of nitrogens with zero attached hydrogens (tertiary/aromatic N) is 2. The molecule has 1 heterocycles. The number of benzene rings is 1. The summed E-state index contributed by atoms with van der Waals surface area (Å²) in [4.78, 5) is 7.70. The molecule has 1 aromatic heterocycles. The van der Waals surface area contributed by atoms with Gasteiger partial charge in [0.1, 0.15) is 0 Å². The molecule has 0 radical (unpaired) electrons. The molecule has 0 spiro atoms. The van der Waals surface area contributed by atoms with Gasteiger partial charge >= 0.3 is 6.18 Å². The lowest BCUT2D eigenvalue weighted by molar-refractivity contribution is -0.140. The third-order valence-corrected chi connectivity index (χ3v) is 4.35. The molecule has 0 bridgehead atoms. The van der Waals surface area contributed by atoms with Crippen molar-refractivity contribution < 1.29 is 13.2 Å². The standard InChI is InChI=1S/C17H22F3N5S/c1-21-16(23-10-5-9-22-13-6-3-2-4-7-13)24-11-8-15-25-14(12-26-15)17(18,19)20/h2-4,6-7,12,22H,5,8-11H2,1H3,(H2,21,23,24). The summed E-state index contributed by atoms with van der Waals surface area (Å²) in [5.74, 6) is 0.623. The molecule has 26 heavy (non-hydrogen) atoms. The lowest BCUT2D eigenvalue weighted by Gasteiger charge is -2.12. The number of para-hydroxylation sites is 1. The number of hydrogen-bond acceptors (Lipinski definition) is 4. The van der Waals surface area contributed by atoms with E-state index in [0.717, 1.165) is 41.9 Å². The molecule has 0 saturated heterocycles. The quantitative estimate of drug-likeness (QED) is 0.370. The number of alkyl halides is 3. The number of guanidine groups is 1. The monoisotopic (exact) mass is 385 g/mol. The third-order valence-electron chi connectivity index (χ3n) is 3.45. The van der Waals surface area contributed by atoms with Crippen LogP contribution in [0.15, 0.2) is 40.7 Å². The third kappa shape index (κ3) is 6.91. The van der Waals surface area contributed by atoms with Gasteiger partial charge in [-0.15, -0.1) is 11.3 Å². The van der Waals surface area contributed by atoms with Gasteiger partial charge in [-0.1, -0.05) is 18.2 Å². The minimum Gasteiger partial charge on any atom is -0.385 e. The number of rotatable bonds is 8. The summed E-state index contributed by atoms with van der Waals surface area (Å²) in [5, 5.41) is 11.1. The Balaban J connectivity index is 1.61. The molecule has 0 atom stereocenters. The largest absolute Gasteiger partial charge is 0.434 e. The molecular formula is C17H22F3N5S. The van der Waals surface area contributed by atoms with E-state index in [1.165, 1.54) is 0 Å². The fourth-order valence-electron chi connectivity index (χ4n) is 2.15. The van der Waals surface area contributed by atoms with Gasteiger partial charge in [-0.25, -0.2) is 4.98 Å². The fraction of sp³-hybridized carbons (Fsp3) is 0.412. The Morgan fingerprint density at radius 3 is 2.50 bits per heavy atom. The Bertz CT molecular complexity index is 685. The van der Waals surface area contributed by atoms with Crippen LogP contribution < -0.4 is 16.0 Å². The van der Waals surface area contributed by atoms with Crippen molar-refractivity contribution in [1.29, 1.82) is 0 Å². The van der Waals surface area contributed by atoms with E-state index in [-0.39, 0.29) is 0 Å². The van der Waals surface area contributed by atoms with Gasteiger partial charge < -0.3 is 16.0 Å². The number of aromatic nitrogens is 1. The molecule has 2 rings (SSSR count). The molecular weight excluding hydrogens is 363 g/mol. The highest BCUT2D eigenvalue weighted by Crippen LogP contribution is 2.29. The second kappa shape index (κ2) is 10.0. The van der Waals surface area contributed by atoms with Crippen molar-refractivity contribution in [1.82, 2.24) is 15.6 Å². The molecule has 9 heteroatoms. The topological polar surface area (TPSA) is 61.3 Å². The van der Waals surface area contributed by atoms with Gasteiger partial charge in [-0.05, 0) is 18.6 Å². The first-order valence-electron chi connectivity index (χ1n) is 8.24. The van der Waals surface area contributed by atoms with Gasteiger partial charge in [0.15, 0.2) is 11.7 Å². The average molecular weight is 385 g/mol. The van der Waals surface area contributed by atoms with Crippen LogP contribution in [0.1, 0.15) is 17.1 Å². The van der Waals surface area contributed by atoms with Gasteiger partial charge in [0.2, 0.25) is 0 Å². The highest BCUT2D eigenvalue weighted by Gasteiger charge is 2.33.